The Kier molecular flexibility index (Phi) is 4.15. The van der Waals surface area contributed by atoms with Gasteiger partial charge in [0.15, 0.2) is 0 Å². The van der Waals surface area contributed by atoms with Crippen LogP contribution in [0.1, 0.15) is 11.1 Å². The zero-order chi connectivity index (χ0) is 13.9. The zero-order valence-electron chi connectivity index (χ0n) is 12.1. The maximum atomic E-state index is 11.1. The molecule has 1 N–H and O–H groups in total. The third-order valence-corrected chi connectivity index (χ3v) is 4.58. The van der Waals surface area contributed by atoms with E-state index in [1.54, 1.807) is 0 Å². The molecule has 0 radical (unpaired) electrons. The van der Waals surface area contributed by atoms with E-state index in [4.69, 9.17) is 0 Å². The van der Waals surface area contributed by atoms with Crippen molar-refractivity contribution in [3.8, 4) is 0 Å². The third kappa shape index (κ3) is 2.92. The van der Waals surface area contributed by atoms with Gasteiger partial charge in [-0.25, -0.2) is 0 Å². The Morgan fingerprint density at radius 3 is 2.90 bits per heavy atom. The van der Waals surface area contributed by atoms with E-state index >= 15 is 0 Å². The number of nitrogens with one attached hydrogen (secondary N) is 1. The van der Waals surface area contributed by atoms with Crippen LogP contribution in [0.5, 0.6) is 0 Å². The first-order valence-corrected chi connectivity index (χ1v) is 7.44. The summed E-state index contributed by atoms with van der Waals surface area (Å²) < 4.78 is 0. The highest BCUT2D eigenvalue weighted by Crippen LogP contribution is 2.17. The van der Waals surface area contributed by atoms with Crippen molar-refractivity contribution >= 4 is 6.29 Å². The van der Waals surface area contributed by atoms with Crippen LogP contribution in [0.15, 0.2) is 24.3 Å². The molecule has 1 aromatic rings. The normalized spacial score (nSPS) is 28.1. The van der Waals surface area contributed by atoms with Gasteiger partial charge in [-0.3, -0.25) is 9.80 Å². The molecule has 2 aliphatic heterocycles. The predicted octanol–water partition coefficient (Wildman–Crippen LogP) is 0.516. The predicted molar refractivity (Wildman–Crippen MR) is 79.7 cm³/mol. The molecular weight excluding hydrogens is 250 g/mol. The molecule has 4 heteroatoms. The summed E-state index contributed by atoms with van der Waals surface area (Å²) in [6.07, 6.45) is 2.17. The van der Waals surface area contributed by atoms with Crippen LogP contribution < -0.4 is 5.32 Å². The second-order valence-electron chi connectivity index (χ2n) is 5.99. The van der Waals surface area contributed by atoms with Crippen molar-refractivity contribution < 1.29 is 4.79 Å². The van der Waals surface area contributed by atoms with Crippen LogP contribution in [-0.2, 0) is 17.8 Å². The van der Waals surface area contributed by atoms with E-state index < -0.39 is 0 Å². The molecule has 3 rings (SSSR count). The molecule has 0 saturated carbocycles. The molecule has 1 saturated heterocycles. The fourth-order valence-electron chi connectivity index (χ4n) is 3.23. The maximum Gasteiger partial charge on any atom is 0.138 e. The van der Waals surface area contributed by atoms with Gasteiger partial charge in [-0.1, -0.05) is 24.3 Å². The van der Waals surface area contributed by atoms with Crippen LogP contribution in [0.3, 0.4) is 0 Å². The van der Waals surface area contributed by atoms with Gasteiger partial charge >= 0.3 is 0 Å². The highest BCUT2D eigenvalue weighted by molar-refractivity contribution is 5.58. The molecule has 2 heterocycles. The lowest BCUT2D eigenvalue weighted by Crippen LogP contribution is -2.55. The molecule has 108 valence electrons. The summed E-state index contributed by atoms with van der Waals surface area (Å²) in [5.74, 6) is 0. The summed E-state index contributed by atoms with van der Waals surface area (Å²) in [6.45, 7) is 4.89. The Morgan fingerprint density at radius 2 is 2.10 bits per heavy atom. The van der Waals surface area contributed by atoms with Crippen molar-refractivity contribution in [1.82, 2.24) is 15.1 Å². The Morgan fingerprint density at radius 1 is 1.30 bits per heavy atom. The van der Waals surface area contributed by atoms with Gasteiger partial charge in [0.05, 0.1) is 6.04 Å². The lowest BCUT2D eigenvalue weighted by Gasteiger charge is -2.39. The van der Waals surface area contributed by atoms with Gasteiger partial charge in [0.1, 0.15) is 6.29 Å². The number of benzene rings is 1. The van der Waals surface area contributed by atoms with Gasteiger partial charge in [0, 0.05) is 38.8 Å². The summed E-state index contributed by atoms with van der Waals surface area (Å²) >= 11 is 0. The molecular formula is C16H23N3O. The Labute approximate surface area is 120 Å². The first kappa shape index (κ1) is 13.7. The molecule has 1 aromatic carbocycles. The lowest BCUT2D eigenvalue weighted by atomic mass is 9.95. The number of rotatable bonds is 3. The summed E-state index contributed by atoms with van der Waals surface area (Å²) in [4.78, 5) is 15.7. The number of hydrogen-bond donors (Lipinski definition) is 1. The van der Waals surface area contributed by atoms with Crippen molar-refractivity contribution in [2.45, 2.75) is 25.0 Å². The van der Waals surface area contributed by atoms with Crippen LogP contribution in [0.2, 0.25) is 0 Å². The van der Waals surface area contributed by atoms with Gasteiger partial charge in [-0.15, -0.1) is 0 Å². The molecule has 2 atom stereocenters. The minimum absolute atomic E-state index is 0.0552. The van der Waals surface area contributed by atoms with Gasteiger partial charge in [-0.2, -0.15) is 0 Å². The lowest BCUT2D eigenvalue weighted by molar-refractivity contribution is -0.114. The number of piperazine rings is 1. The second kappa shape index (κ2) is 6.04. The number of carbonyl (C=O) groups is 1. The fraction of sp³-hybridized carbons (Fsp3) is 0.562. The number of carbonyl (C=O) groups excluding carboxylic acids is 1. The van der Waals surface area contributed by atoms with E-state index in [-0.39, 0.29) is 6.04 Å². The smallest absolute Gasteiger partial charge is 0.138 e. The van der Waals surface area contributed by atoms with Crippen molar-refractivity contribution in [2.75, 3.05) is 33.2 Å². The fourth-order valence-corrected chi connectivity index (χ4v) is 3.23. The number of nitrogens with zero attached hydrogens (tertiary/aromatic N) is 2. The highest BCUT2D eigenvalue weighted by Gasteiger charge is 2.26. The first-order valence-electron chi connectivity index (χ1n) is 7.44. The monoisotopic (exact) mass is 273 g/mol. The van der Waals surface area contributed by atoms with Crippen LogP contribution in [0.4, 0.5) is 0 Å². The minimum atomic E-state index is 0.0552. The molecule has 1 unspecified atom stereocenters. The Hall–Kier alpha value is -1.23. The van der Waals surface area contributed by atoms with Crippen molar-refractivity contribution in [3.63, 3.8) is 0 Å². The van der Waals surface area contributed by atoms with E-state index in [1.165, 1.54) is 11.1 Å². The van der Waals surface area contributed by atoms with Crippen LogP contribution in [0, 0.1) is 0 Å². The average molecular weight is 273 g/mol. The average Bonchev–Trinajstić information content (AvgIpc) is 2.49. The Bertz CT molecular complexity index is 477. The van der Waals surface area contributed by atoms with E-state index in [0.717, 1.165) is 45.4 Å². The summed E-state index contributed by atoms with van der Waals surface area (Å²) in [5, 5.41) is 3.62. The molecule has 2 aliphatic rings. The largest absolute Gasteiger partial charge is 0.308 e. The van der Waals surface area contributed by atoms with Gasteiger partial charge in [0.25, 0.3) is 0 Å². The van der Waals surface area contributed by atoms with Gasteiger partial charge in [-0.05, 0) is 24.6 Å². The molecule has 1 fully saturated rings. The quantitative estimate of drug-likeness (QED) is 0.814. The highest BCUT2D eigenvalue weighted by atomic mass is 16.1. The summed E-state index contributed by atoms with van der Waals surface area (Å²) in [5.41, 5.74) is 2.89. The first-order chi connectivity index (χ1) is 9.76. The summed E-state index contributed by atoms with van der Waals surface area (Å²) in [7, 11) is 2.03. The van der Waals surface area contributed by atoms with E-state index in [2.05, 4.69) is 39.4 Å². The van der Waals surface area contributed by atoms with Crippen LogP contribution in [0.25, 0.3) is 0 Å². The van der Waals surface area contributed by atoms with Gasteiger partial charge in [0.2, 0.25) is 0 Å². The number of likely N-dealkylation sites (N-methyl/N-ethyl adjacent to an activating group) is 1. The molecule has 20 heavy (non-hydrogen) atoms. The van der Waals surface area contributed by atoms with E-state index in [9.17, 15) is 4.79 Å². The Balaban J connectivity index is 1.58. The van der Waals surface area contributed by atoms with Gasteiger partial charge < -0.3 is 10.1 Å². The maximum absolute atomic E-state index is 11.1. The van der Waals surface area contributed by atoms with Crippen molar-refractivity contribution in [3.05, 3.63) is 35.4 Å². The number of hydrogen-bond acceptors (Lipinski definition) is 4. The molecule has 0 aliphatic carbocycles. The second-order valence-corrected chi connectivity index (χ2v) is 5.99. The van der Waals surface area contributed by atoms with Crippen LogP contribution in [-0.4, -0.2) is 61.4 Å². The molecule has 0 bridgehead atoms. The summed E-state index contributed by atoms with van der Waals surface area (Å²) in [6, 6.07) is 9.23. The van der Waals surface area contributed by atoms with E-state index in [0.29, 0.717) is 6.04 Å². The zero-order valence-corrected chi connectivity index (χ0v) is 12.1. The number of aldehydes is 1. The minimum Gasteiger partial charge on any atom is -0.308 e. The SMILES string of the molecule is CN1CCN(C[C@@H]2Cc3ccccc3CN2)CC1C=O. The molecule has 0 amide bonds. The topological polar surface area (TPSA) is 35.6 Å². The standard InChI is InChI=1S/C16H23N3O/c1-18-6-7-19(11-16(18)12-20)10-15-8-13-4-2-3-5-14(13)9-17-15/h2-5,12,15-17H,6-11H2,1H3/t15-,16?/m0/s1. The molecule has 4 nitrogen and oxygen atoms in total. The van der Waals surface area contributed by atoms with E-state index in [1.807, 2.05) is 7.05 Å². The molecule has 0 aromatic heterocycles. The van der Waals surface area contributed by atoms with Crippen molar-refractivity contribution in [2.24, 2.45) is 0 Å². The van der Waals surface area contributed by atoms with Crippen LogP contribution >= 0.6 is 0 Å². The molecule has 0 spiro atoms. The third-order valence-electron chi connectivity index (χ3n) is 4.58. The number of fused-ring (bicyclic) bond motifs is 1. The van der Waals surface area contributed by atoms with Crippen molar-refractivity contribution in [1.29, 1.82) is 0 Å².